The molecule has 1 aliphatic heterocycles. The number of para-hydroxylation sites is 2. The summed E-state index contributed by atoms with van der Waals surface area (Å²) in [5.41, 5.74) is 1.83. The lowest BCUT2D eigenvalue weighted by Crippen LogP contribution is -2.44. The van der Waals surface area contributed by atoms with Crippen LogP contribution in [0, 0.1) is 12.8 Å². The number of amides is 1. The van der Waals surface area contributed by atoms with Gasteiger partial charge in [0, 0.05) is 10.9 Å². The van der Waals surface area contributed by atoms with Crippen molar-refractivity contribution in [2.45, 2.75) is 51.6 Å². The number of methoxy groups -OCH3 is 1. The van der Waals surface area contributed by atoms with Gasteiger partial charge in [-0.2, -0.15) is 0 Å². The Bertz CT molecular complexity index is 1220. The number of carbonyl (C=O) groups excluding carboxylic acids is 2. The molecule has 6 heteroatoms. The highest BCUT2D eigenvalue weighted by molar-refractivity contribution is 6.15. The van der Waals surface area contributed by atoms with Crippen LogP contribution in [0.1, 0.15) is 65.5 Å². The molecule has 1 aliphatic carbocycles. The number of hydrogen-bond acceptors (Lipinski definition) is 5. The Labute approximate surface area is 186 Å². The molecule has 5 rings (SSSR count). The van der Waals surface area contributed by atoms with E-state index in [1.165, 1.54) is 0 Å². The van der Waals surface area contributed by atoms with Gasteiger partial charge in [-0.1, -0.05) is 19.1 Å². The van der Waals surface area contributed by atoms with Crippen LogP contribution in [0.25, 0.3) is 11.0 Å². The van der Waals surface area contributed by atoms with E-state index in [-0.39, 0.29) is 17.5 Å². The maximum absolute atomic E-state index is 13.3. The quantitative estimate of drug-likeness (QED) is 0.555. The van der Waals surface area contributed by atoms with Crippen LogP contribution >= 0.6 is 0 Å². The number of rotatable bonds is 3. The smallest absolute Gasteiger partial charge is 0.291 e. The number of fused-ring (bicyclic) bond motifs is 3. The molecule has 1 N–H and O–H groups in total. The Hall–Kier alpha value is -3.28. The second-order valence-electron chi connectivity index (χ2n) is 9.09. The first-order valence-electron chi connectivity index (χ1n) is 11.1. The summed E-state index contributed by atoms with van der Waals surface area (Å²) in [6.45, 7) is 4.06. The fraction of sp³-hybridized carbons (Fsp3) is 0.385. The van der Waals surface area contributed by atoms with Crippen LogP contribution in [0.15, 0.2) is 40.8 Å². The summed E-state index contributed by atoms with van der Waals surface area (Å²) >= 11 is 0. The van der Waals surface area contributed by atoms with E-state index in [9.17, 15) is 9.59 Å². The van der Waals surface area contributed by atoms with Crippen molar-refractivity contribution < 1.29 is 23.5 Å². The minimum absolute atomic E-state index is 0.0620. The minimum Gasteiger partial charge on any atom is -0.495 e. The van der Waals surface area contributed by atoms with Crippen molar-refractivity contribution in [2.24, 2.45) is 5.92 Å². The minimum atomic E-state index is -0.397. The van der Waals surface area contributed by atoms with Gasteiger partial charge in [-0.3, -0.25) is 9.59 Å². The summed E-state index contributed by atoms with van der Waals surface area (Å²) in [6.07, 6.45) is 4.31. The Balaban J connectivity index is 1.51. The summed E-state index contributed by atoms with van der Waals surface area (Å²) in [7, 11) is 1.55. The van der Waals surface area contributed by atoms with Crippen LogP contribution in [-0.2, 0) is 0 Å². The third-order valence-corrected chi connectivity index (χ3v) is 6.89. The van der Waals surface area contributed by atoms with Gasteiger partial charge in [-0.05, 0) is 62.8 Å². The van der Waals surface area contributed by atoms with Crippen molar-refractivity contribution >= 4 is 28.3 Å². The average Bonchev–Trinajstić information content (AvgIpc) is 3.13. The van der Waals surface area contributed by atoms with Crippen molar-refractivity contribution in [3.63, 3.8) is 0 Å². The molecule has 0 atom stereocenters. The van der Waals surface area contributed by atoms with Crippen LogP contribution in [0.3, 0.4) is 0 Å². The van der Waals surface area contributed by atoms with E-state index in [4.69, 9.17) is 13.9 Å². The van der Waals surface area contributed by atoms with Gasteiger partial charge < -0.3 is 19.2 Å². The van der Waals surface area contributed by atoms with Crippen molar-refractivity contribution in [2.75, 3.05) is 12.4 Å². The Morgan fingerprint density at radius 3 is 2.66 bits per heavy atom. The predicted molar refractivity (Wildman–Crippen MR) is 122 cm³/mol. The van der Waals surface area contributed by atoms with Gasteiger partial charge in [-0.15, -0.1) is 0 Å². The lowest BCUT2D eigenvalue weighted by Gasteiger charge is -2.42. The van der Waals surface area contributed by atoms with E-state index in [1.54, 1.807) is 31.4 Å². The molecule has 1 amide bonds. The van der Waals surface area contributed by atoms with Gasteiger partial charge in [0.2, 0.25) is 0 Å². The summed E-state index contributed by atoms with van der Waals surface area (Å²) in [5.74, 6) is 1.68. The fourth-order valence-electron chi connectivity index (χ4n) is 5.04. The molecule has 3 aromatic rings. The molecule has 32 heavy (non-hydrogen) atoms. The first-order valence-corrected chi connectivity index (χ1v) is 11.1. The van der Waals surface area contributed by atoms with Crippen LogP contribution in [0.2, 0.25) is 0 Å². The van der Waals surface area contributed by atoms with Crippen LogP contribution < -0.4 is 14.8 Å². The zero-order chi connectivity index (χ0) is 22.5. The highest BCUT2D eigenvalue weighted by atomic mass is 16.5. The van der Waals surface area contributed by atoms with Crippen molar-refractivity contribution in [1.29, 1.82) is 0 Å². The highest BCUT2D eigenvalue weighted by Crippen LogP contribution is 2.46. The molecule has 0 bridgehead atoms. The van der Waals surface area contributed by atoms with E-state index in [0.717, 1.165) is 25.7 Å². The standard InChI is InChI=1S/C26H27NO5/c1-15-10-12-26(13-11-15)14-18(28)23-21(32-26)9-8-20-22(23)16(2)24(31-20)25(29)27-17-6-4-5-7-19(17)30-3/h4-9,15H,10-14H2,1-3H3,(H,27,29). The van der Waals surface area contributed by atoms with E-state index in [2.05, 4.69) is 12.2 Å². The molecular weight excluding hydrogens is 406 g/mol. The molecule has 166 valence electrons. The third kappa shape index (κ3) is 3.34. The number of ketones is 1. The summed E-state index contributed by atoms with van der Waals surface area (Å²) in [6, 6.07) is 10.8. The van der Waals surface area contributed by atoms with Gasteiger partial charge in [0.1, 0.15) is 22.7 Å². The van der Waals surface area contributed by atoms with Crippen molar-refractivity contribution in [1.82, 2.24) is 0 Å². The second-order valence-corrected chi connectivity index (χ2v) is 9.09. The van der Waals surface area contributed by atoms with E-state index >= 15 is 0 Å². The largest absolute Gasteiger partial charge is 0.495 e. The normalized spacial score (nSPS) is 22.5. The van der Waals surface area contributed by atoms with Gasteiger partial charge in [0.25, 0.3) is 5.91 Å². The zero-order valence-electron chi connectivity index (χ0n) is 18.6. The molecular formula is C26H27NO5. The van der Waals surface area contributed by atoms with Crippen molar-refractivity contribution in [3.05, 3.63) is 53.3 Å². The lowest BCUT2D eigenvalue weighted by molar-refractivity contribution is 0.00430. The Kier molecular flexibility index (Phi) is 4.96. The van der Waals surface area contributed by atoms with Gasteiger partial charge in [-0.25, -0.2) is 0 Å². The molecule has 1 fully saturated rings. The monoisotopic (exact) mass is 433 g/mol. The number of Topliss-reactive ketones (excluding diaryl/α,β-unsaturated/α-hetero) is 1. The third-order valence-electron chi connectivity index (χ3n) is 6.89. The number of ether oxygens (including phenoxy) is 2. The number of hydrogen-bond donors (Lipinski definition) is 1. The van der Waals surface area contributed by atoms with E-state index in [1.807, 2.05) is 19.1 Å². The number of aryl methyl sites for hydroxylation is 1. The highest BCUT2D eigenvalue weighted by Gasteiger charge is 2.43. The number of benzene rings is 2. The molecule has 0 unspecified atom stereocenters. The van der Waals surface area contributed by atoms with Crippen LogP contribution in [0.4, 0.5) is 5.69 Å². The molecule has 0 radical (unpaired) electrons. The predicted octanol–water partition coefficient (Wildman–Crippen LogP) is 5.92. The molecule has 2 aromatic carbocycles. The molecule has 2 heterocycles. The molecule has 1 spiro atoms. The second kappa shape index (κ2) is 7.69. The van der Waals surface area contributed by atoms with Crippen molar-refractivity contribution in [3.8, 4) is 11.5 Å². The van der Waals surface area contributed by atoms with Gasteiger partial charge >= 0.3 is 0 Å². The molecule has 1 saturated carbocycles. The van der Waals surface area contributed by atoms with Gasteiger partial charge in [0.05, 0.1) is 24.8 Å². The maximum Gasteiger partial charge on any atom is 0.291 e. The molecule has 0 saturated heterocycles. The van der Waals surface area contributed by atoms with Crippen LogP contribution in [0.5, 0.6) is 11.5 Å². The SMILES string of the molecule is COc1ccccc1NC(=O)c1oc2ccc3c(c2c1C)C(=O)CC1(CCC(C)CC1)O3. The maximum atomic E-state index is 13.3. The molecule has 6 nitrogen and oxygen atoms in total. The molecule has 2 aliphatic rings. The first-order chi connectivity index (χ1) is 15.4. The summed E-state index contributed by atoms with van der Waals surface area (Å²) in [4.78, 5) is 26.3. The van der Waals surface area contributed by atoms with E-state index < -0.39 is 5.60 Å². The Morgan fingerprint density at radius 2 is 1.91 bits per heavy atom. The molecule has 1 aromatic heterocycles. The van der Waals surface area contributed by atoms with E-state index in [0.29, 0.717) is 51.6 Å². The Morgan fingerprint density at radius 1 is 1.16 bits per heavy atom. The number of carbonyl (C=O) groups is 2. The lowest BCUT2D eigenvalue weighted by atomic mass is 9.74. The fourth-order valence-corrected chi connectivity index (χ4v) is 5.04. The number of furan rings is 1. The first kappa shape index (κ1) is 20.6. The summed E-state index contributed by atoms with van der Waals surface area (Å²) in [5, 5.41) is 3.51. The number of anilines is 1. The number of nitrogens with one attached hydrogen (secondary N) is 1. The topological polar surface area (TPSA) is 77.8 Å². The van der Waals surface area contributed by atoms with Gasteiger partial charge in [0.15, 0.2) is 11.5 Å². The van der Waals surface area contributed by atoms with Crippen LogP contribution in [-0.4, -0.2) is 24.4 Å². The summed E-state index contributed by atoms with van der Waals surface area (Å²) < 4.78 is 17.7. The zero-order valence-corrected chi connectivity index (χ0v) is 18.6. The average molecular weight is 434 g/mol.